The quantitative estimate of drug-likeness (QED) is 0.921. The summed E-state index contributed by atoms with van der Waals surface area (Å²) in [4.78, 5) is 0. The Morgan fingerprint density at radius 1 is 1.05 bits per heavy atom. The van der Waals surface area contributed by atoms with Crippen molar-refractivity contribution in [3.05, 3.63) is 22.5 Å². The van der Waals surface area contributed by atoms with Crippen molar-refractivity contribution in [3.63, 3.8) is 0 Å². The van der Waals surface area contributed by atoms with E-state index in [9.17, 15) is 4.39 Å². The molecular weight excluding hydrogens is 257 g/mol. The third-order valence-corrected chi connectivity index (χ3v) is 4.70. The van der Waals surface area contributed by atoms with Crippen LogP contribution in [0.5, 0.6) is 11.5 Å². The second-order valence-corrected chi connectivity index (χ2v) is 5.70. The average molecular weight is 281 g/mol. The van der Waals surface area contributed by atoms with Crippen LogP contribution >= 0.6 is 0 Å². The van der Waals surface area contributed by atoms with E-state index in [2.05, 4.69) is 0 Å². The van der Waals surface area contributed by atoms with Gasteiger partial charge < -0.3 is 15.2 Å². The predicted octanol–water partition coefficient (Wildman–Crippen LogP) is 3.23. The van der Waals surface area contributed by atoms with E-state index < -0.39 is 0 Å². The molecule has 1 aliphatic rings. The molecule has 0 unspecified atom stereocenters. The van der Waals surface area contributed by atoms with Crippen LogP contribution in [-0.2, 0) is 5.41 Å². The van der Waals surface area contributed by atoms with Crippen LogP contribution in [0.1, 0.15) is 42.4 Å². The molecule has 0 heterocycles. The molecule has 20 heavy (non-hydrogen) atoms. The molecule has 3 nitrogen and oxygen atoms in total. The number of rotatable bonds is 4. The van der Waals surface area contributed by atoms with Gasteiger partial charge in [0, 0.05) is 23.1 Å². The predicted molar refractivity (Wildman–Crippen MR) is 78.2 cm³/mol. The number of methoxy groups -OCH3 is 2. The molecule has 112 valence electrons. The second kappa shape index (κ2) is 5.60. The van der Waals surface area contributed by atoms with Crippen LogP contribution < -0.4 is 15.2 Å². The minimum absolute atomic E-state index is 0.183. The number of hydrogen-bond acceptors (Lipinski definition) is 3. The van der Waals surface area contributed by atoms with Gasteiger partial charge in [-0.25, -0.2) is 4.39 Å². The molecule has 2 rings (SSSR count). The molecule has 1 aliphatic carbocycles. The first-order valence-electron chi connectivity index (χ1n) is 7.13. The number of nitrogens with two attached hydrogens (primary N) is 1. The van der Waals surface area contributed by atoms with E-state index in [0.717, 1.165) is 31.2 Å². The van der Waals surface area contributed by atoms with E-state index in [1.807, 2.05) is 6.92 Å². The molecule has 0 saturated heterocycles. The Bertz CT molecular complexity index is 508. The van der Waals surface area contributed by atoms with E-state index in [0.29, 0.717) is 29.2 Å². The maximum Gasteiger partial charge on any atom is 0.166 e. The van der Waals surface area contributed by atoms with Crippen molar-refractivity contribution in [2.75, 3.05) is 20.8 Å². The Morgan fingerprint density at radius 3 is 2.05 bits per heavy atom. The minimum atomic E-state index is -0.211. The summed E-state index contributed by atoms with van der Waals surface area (Å²) in [6.45, 7) is 4.04. The number of hydrogen-bond donors (Lipinski definition) is 1. The van der Waals surface area contributed by atoms with Gasteiger partial charge >= 0.3 is 0 Å². The number of ether oxygens (including phenoxy) is 2. The van der Waals surface area contributed by atoms with Gasteiger partial charge in [0.2, 0.25) is 0 Å². The molecule has 0 aliphatic heterocycles. The lowest BCUT2D eigenvalue weighted by Crippen LogP contribution is -2.34. The van der Waals surface area contributed by atoms with E-state index >= 15 is 0 Å². The molecular formula is C16H24FNO2. The third-order valence-electron chi connectivity index (χ3n) is 4.70. The molecule has 0 radical (unpaired) electrons. The molecule has 0 spiro atoms. The molecule has 0 amide bonds. The molecule has 0 aromatic heterocycles. The Labute approximate surface area is 120 Å². The number of halogens is 1. The Hall–Kier alpha value is -1.29. The van der Waals surface area contributed by atoms with Gasteiger partial charge in [-0.2, -0.15) is 0 Å². The molecule has 2 N–H and O–H groups in total. The van der Waals surface area contributed by atoms with E-state index in [-0.39, 0.29) is 11.2 Å². The highest BCUT2D eigenvalue weighted by Crippen LogP contribution is 2.50. The highest BCUT2D eigenvalue weighted by Gasteiger charge is 2.40. The number of benzene rings is 1. The molecule has 0 atom stereocenters. The summed E-state index contributed by atoms with van der Waals surface area (Å²) in [7, 11) is 3.16. The van der Waals surface area contributed by atoms with Gasteiger partial charge in [0.1, 0.15) is 5.82 Å². The fraction of sp³-hybridized carbons (Fsp3) is 0.625. The maximum absolute atomic E-state index is 14.5. The minimum Gasteiger partial charge on any atom is -0.493 e. The molecule has 1 saturated carbocycles. The van der Waals surface area contributed by atoms with Gasteiger partial charge in [0.05, 0.1) is 14.2 Å². The van der Waals surface area contributed by atoms with Crippen molar-refractivity contribution in [2.24, 2.45) is 5.73 Å². The second-order valence-electron chi connectivity index (χ2n) is 5.70. The molecule has 1 aromatic rings. The van der Waals surface area contributed by atoms with Crippen molar-refractivity contribution in [1.29, 1.82) is 0 Å². The zero-order chi connectivity index (χ0) is 14.9. The first-order valence-corrected chi connectivity index (χ1v) is 7.13. The smallest absolute Gasteiger partial charge is 0.166 e. The van der Waals surface area contributed by atoms with Gasteiger partial charge in [-0.15, -0.1) is 0 Å². The molecule has 0 bridgehead atoms. The summed E-state index contributed by atoms with van der Waals surface area (Å²) in [5.41, 5.74) is 7.92. The van der Waals surface area contributed by atoms with Crippen LogP contribution in [0.3, 0.4) is 0 Å². The summed E-state index contributed by atoms with van der Waals surface area (Å²) < 4.78 is 25.5. The lowest BCUT2D eigenvalue weighted by atomic mass is 9.75. The fourth-order valence-electron chi connectivity index (χ4n) is 3.63. The van der Waals surface area contributed by atoms with E-state index in [1.54, 1.807) is 21.1 Å². The van der Waals surface area contributed by atoms with Crippen molar-refractivity contribution in [2.45, 2.75) is 44.9 Å². The lowest BCUT2D eigenvalue weighted by molar-refractivity contribution is 0.330. The van der Waals surface area contributed by atoms with Crippen LogP contribution in [-0.4, -0.2) is 20.8 Å². The third kappa shape index (κ3) is 2.06. The van der Waals surface area contributed by atoms with Gasteiger partial charge in [0.15, 0.2) is 11.5 Å². The first-order chi connectivity index (χ1) is 9.52. The van der Waals surface area contributed by atoms with E-state index in [4.69, 9.17) is 15.2 Å². The normalized spacial score (nSPS) is 17.3. The average Bonchev–Trinajstić information content (AvgIpc) is 2.94. The molecule has 1 aromatic carbocycles. The maximum atomic E-state index is 14.5. The summed E-state index contributed by atoms with van der Waals surface area (Å²) in [6, 6.07) is 0. The zero-order valence-electron chi connectivity index (χ0n) is 12.8. The van der Waals surface area contributed by atoms with Crippen molar-refractivity contribution in [3.8, 4) is 11.5 Å². The summed E-state index contributed by atoms with van der Waals surface area (Å²) in [5, 5.41) is 0. The van der Waals surface area contributed by atoms with Crippen LogP contribution in [0.15, 0.2) is 0 Å². The SMILES string of the molecule is COc1c(C)c(F)c(C)c(C2(CN)CCCC2)c1OC. The summed E-state index contributed by atoms with van der Waals surface area (Å²) in [6.07, 6.45) is 4.20. The van der Waals surface area contributed by atoms with Crippen molar-refractivity contribution >= 4 is 0 Å². The van der Waals surface area contributed by atoms with Gasteiger partial charge in [0.25, 0.3) is 0 Å². The van der Waals surface area contributed by atoms with Crippen molar-refractivity contribution < 1.29 is 13.9 Å². The monoisotopic (exact) mass is 281 g/mol. The Balaban J connectivity index is 2.77. The van der Waals surface area contributed by atoms with Crippen LogP contribution in [0.25, 0.3) is 0 Å². The summed E-state index contributed by atoms with van der Waals surface area (Å²) >= 11 is 0. The largest absolute Gasteiger partial charge is 0.493 e. The van der Waals surface area contributed by atoms with Crippen LogP contribution in [0.2, 0.25) is 0 Å². The van der Waals surface area contributed by atoms with Gasteiger partial charge in [-0.05, 0) is 32.3 Å². The van der Waals surface area contributed by atoms with Crippen LogP contribution in [0.4, 0.5) is 4.39 Å². The highest BCUT2D eigenvalue weighted by molar-refractivity contribution is 5.59. The Kier molecular flexibility index (Phi) is 4.23. The zero-order valence-corrected chi connectivity index (χ0v) is 12.8. The first kappa shape index (κ1) is 15.1. The Morgan fingerprint density at radius 2 is 1.60 bits per heavy atom. The fourth-order valence-corrected chi connectivity index (χ4v) is 3.63. The van der Waals surface area contributed by atoms with Gasteiger partial charge in [-0.3, -0.25) is 0 Å². The molecule has 4 heteroatoms. The van der Waals surface area contributed by atoms with Crippen LogP contribution in [0, 0.1) is 19.7 Å². The van der Waals surface area contributed by atoms with Crippen molar-refractivity contribution in [1.82, 2.24) is 0 Å². The standard InChI is InChI=1S/C16H24FNO2/c1-10-12(16(9-18)7-5-6-8-16)15(20-4)14(19-3)11(2)13(10)17/h5-9,18H2,1-4H3. The topological polar surface area (TPSA) is 44.5 Å². The van der Waals surface area contributed by atoms with E-state index in [1.165, 1.54) is 0 Å². The lowest BCUT2D eigenvalue weighted by Gasteiger charge is -2.32. The highest BCUT2D eigenvalue weighted by atomic mass is 19.1. The summed E-state index contributed by atoms with van der Waals surface area (Å²) in [5.74, 6) is 0.930. The molecule has 1 fully saturated rings. The van der Waals surface area contributed by atoms with Gasteiger partial charge in [-0.1, -0.05) is 12.8 Å².